The molecule has 4 rings (SSSR count). The van der Waals surface area contributed by atoms with Gasteiger partial charge in [0.05, 0.1) is 21.6 Å². The zero-order valence-corrected chi connectivity index (χ0v) is 19.7. The molecule has 0 spiro atoms. The van der Waals surface area contributed by atoms with E-state index in [-0.39, 0.29) is 17.1 Å². The van der Waals surface area contributed by atoms with Crippen LogP contribution < -0.4 is 15.7 Å². The molecular formula is C19H13IN6O7S. The van der Waals surface area contributed by atoms with Crippen molar-refractivity contribution in [3.05, 3.63) is 96.1 Å². The molecule has 0 aliphatic carbocycles. The molecule has 174 valence electrons. The van der Waals surface area contributed by atoms with Crippen LogP contribution in [0.25, 0.3) is 0 Å². The van der Waals surface area contributed by atoms with Gasteiger partial charge in [-0.25, -0.2) is 0 Å². The number of halogens is 1. The van der Waals surface area contributed by atoms with Crippen molar-refractivity contribution < 1.29 is 22.8 Å². The molecule has 15 heteroatoms. The van der Waals surface area contributed by atoms with Gasteiger partial charge >= 0.3 is 5.69 Å². The number of amidine groups is 1. The fraction of sp³-hybridized carbons (Fsp3) is 0. The topological polar surface area (TPSA) is 172 Å². The van der Waals surface area contributed by atoms with Crippen molar-refractivity contribution in [3.63, 3.8) is 0 Å². The maximum Gasteiger partial charge on any atom is 0.303 e. The molecule has 1 aliphatic rings. The van der Waals surface area contributed by atoms with Crippen LogP contribution in [0.4, 0.5) is 22.7 Å². The molecule has 3 aromatic carbocycles. The first-order chi connectivity index (χ1) is 16.1. The van der Waals surface area contributed by atoms with Crippen molar-refractivity contribution in [3.8, 4) is 0 Å². The minimum absolute atomic E-state index is 0.00702. The van der Waals surface area contributed by atoms with Crippen LogP contribution in [0.3, 0.4) is 0 Å². The number of nitrogens with one attached hydrogen (secondary N) is 1. The predicted molar refractivity (Wildman–Crippen MR) is 130 cm³/mol. The molecule has 2 N–H and O–H groups in total. The van der Waals surface area contributed by atoms with Gasteiger partial charge in [-0.05, 0) is 65.1 Å². The van der Waals surface area contributed by atoms with Gasteiger partial charge in [-0.1, -0.05) is 12.1 Å². The summed E-state index contributed by atoms with van der Waals surface area (Å²) in [5, 5.41) is 29.6. The summed E-state index contributed by atoms with van der Waals surface area (Å²) >= 11 is 2.10. The van der Waals surface area contributed by atoms with Crippen LogP contribution in [-0.4, -0.2) is 28.7 Å². The summed E-state index contributed by atoms with van der Waals surface area (Å²) in [6, 6.07) is 15.5. The summed E-state index contributed by atoms with van der Waals surface area (Å²) in [6.07, 6.45) is 0. The number of nitro benzene ring substituents is 2. The highest BCUT2D eigenvalue weighted by Gasteiger charge is 2.34. The fourth-order valence-corrected chi connectivity index (χ4v) is 4.22. The van der Waals surface area contributed by atoms with E-state index in [1.807, 2.05) is 0 Å². The largest absolute Gasteiger partial charge is 0.303 e. The van der Waals surface area contributed by atoms with E-state index in [1.165, 1.54) is 35.4 Å². The van der Waals surface area contributed by atoms with Crippen LogP contribution in [0.15, 0.2) is 76.7 Å². The van der Waals surface area contributed by atoms with Gasteiger partial charge in [0.2, 0.25) is 0 Å². The predicted octanol–water partition coefficient (Wildman–Crippen LogP) is 3.46. The third-order valence-electron chi connectivity index (χ3n) is 4.67. The van der Waals surface area contributed by atoms with Crippen molar-refractivity contribution in [2.45, 2.75) is 4.90 Å². The molecule has 0 amide bonds. The molecule has 0 unspecified atom stereocenters. The molecule has 34 heavy (non-hydrogen) atoms. The lowest BCUT2D eigenvalue weighted by atomic mass is 10.2. The van der Waals surface area contributed by atoms with Crippen molar-refractivity contribution in [1.82, 2.24) is 5.43 Å². The molecule has 13 nitrogen and oxygen atoms in total. The van der Waals surface area contributed by atoms with Crippen LogP contribution >= 0.6 is 22.6 Å². The average molecular weight is 596 g/mol. The zero-order chi connectivity index (χ0) is 24.6. The molecule has 0 bridgehead atoms. The Labute approximate surface area is 205 Å². The second kappa shape index (κ2) is 8.84. The lowest BCUT2D eigenvalue weighted by molar-refractivity contribution is -0.393. The molecule has 0 saturated carbocycles. The second-order valence-electron chi connectivity index (χ2n) is 6.80. The van der Waals surface area contributed by atoms with Crippen LogP contribution in [0.2, 0.25) is 0 Å². The molecule has 3 aromatic rings. The van der Waals surface area contributed by atoms with Crippen molar-refractivity contribution in [2.24, 2.45) is 5.10 Å². The van der Waals surface area contributed by atoms with E-state index in [1.54, 1.807) is 24.3 Å². The van der Waals surface area contributed by atoms with Crippen LogP contribution in [0.1, 0.15) is 5.56 Å². The number of hydrazone groups is 1. The van der Waals surface area contributed by atoms with Gasteiger partial charge < -0.3 is 0 Å². The number of nitrogens with zero attached hydrogens (tertiary/aromatic N) is 5. The van der Waals surface area contributed by atoms with Crippen LogP contribution in [0.5, 0.6) is 0 Å². The van der Waals surface area contributed by atoms with Crippen molar-refractivity contribution in [1.29, 1.82) is 0 Å². The number of hydrazine groups is 2. The Morgan fingerprint density at radius 3 is 2.26 bits per heavy atom. The maximum absolute atomic E-state index is 11.9. The Morgan fingerprint density at radius 1 is 0.971 bits per heavy atom. The number of anilines is 2. The van der Waals surface area contributed by atoms with Gasteiger partial charge in [0.15, 0.2) is 11.5 Å². The molecule has 1 aliphatic heterocycles. The number of benzene rings is 3. The molecule has 0 aromatic heterocycles. The van der Waals surface area contributed by atoms with Crippen LogP contribution in [0, 0.1) is 23.8 Å². The smallest absolute Gasteiger partial charge is 0.282 e. The summed E-state index contributed by atoms with van der Waals surface area (Å²) in [5.74, 6) is -0.0422. The first kappa shape index (κ1) is 23.3. The van der Waals surface area contributed by atoms with Gasteiger partial charge in [0.1, 0.15) is 4.90 Å². The molecule has 0 fully saturated rings. The van der Waals surface area contributed by atoms with Crippen LogP contribution in [-0.2, 0) is 10.1 Å². The third kappa shape index (κ3) is 4.47. The van der Waals surface area contributed by atoms with Crippen molar-refractivity contribution >= 4 is 61.3 Å². The molecule has 0 radical (unpaired) electrons. The summed E-state index contributed by atoms with van der Waals surface area (Å²) in [7, 11) is -4.62. The second-order valence-corrected chi connectivity index (χ2v) is 9.43. The highest BCUT2D eigenvalue weighted by molar-refractivity contribution is 14.1. The highest BCUT2D eigenvalue weighted by atomic mass is 127. The fourth-order valence-electron chi connectivity index (χ4n) is 3.17. The zero-order valence-electron chi connectivity index (χ0n) is 16.8. The van der Waals surface area contributed by atoms with Gasteiger partial charge in [-0.3, -0.25) is 30.2 Å². The quantitative estimate of drug-likeness (QED) is 0.186. The minimum atomic E-state index is -4.62. The van der Waals surface area contributed by atoms with Gasteiger partial charge in [0, 0.05) is 15.2 Å². The third-order valence-corrected chi connectivity index (χ3v) is 6.30. The van der Waals surface area contributed by atoms with Crippen molar-refractivity contribution in [2.75, 3.05) is 10.2 Å². The van der Waals surface area contributed by atoms with E-state index in [2.05, 4.69) is 33.1 Å². The van der Waals surface area contributed by atoms with E-state index in [0.717, 1.165) is 20.8 Å². The number of hydrogen-bond acceptors (Lipinski definition) is 10. The Bertz CT molecular complexity index is 1450. The Hall–Kier alpha value is -3.83. The molecule has 1 heterocycles. The van der Waals surface area contributed by atoms with E-state index < -0.39 is 36.2 Å². The molecule has 0 saturated heterocycles. The summed E-state index contributed by atoms with van der Waals surface area (Å²) in [4.78, 5) is 20.9. The van der Waals surface area contributed by atoms with Gasteiger partial charge in [-0.15, -0.1) is 5.10 Å². The number of hydrogen-bond donors (Lipinski definition) is 2. The number of rotatable bonds is 6. The normalized spacial score (nSPS) is 13.4. The lowest BCUT2D eigenvalue weighted by Crippen LogP contribution is -2.45. The molecule has 0 atom stereocenters. The Balaban J connectivity index is 1.89. The van der Waals surface area contributed by atoms with Gasteiger partial charge in [-0.2, -0.15) is 18.7 Å². The molecular weight excluding hydrogens is 583 g/mol. The van der Waals surface area contributed by atoms with E-state index in [4.69, 9.17) is 0 Å². The average Bonchev–Trinajstić information content (AvgIpc) is 3.23. The van der Waals surface area contributed by atoms with E-state index in [9.17, 15) is 33.2 Å². The minimum Gasteiger partial charge on any atom is -0.282 e. The number of non-ortho nitro benzene ring substituents is 1. The highest BCUT2D eigenvalue weighted by Crippen LogP contribution is 2.35. The summed E-state index contributed by atoms with van der Waals surface area (Å²) in [5.41, 5.74) is 2.09. The Morgan fingerprint density at radius 2 is 1.65 bits per heavy atom. The van der Waals surface area contributed by atoms with E-state index >= 15 is 0 Å². The summed E-state index contributed by atoms with van der Waals surface area (Å²) in [6.45, 7) is 0. The van der Waals surface area contributed by atoms with Gasteiger partial charge in [0.25, 0.3) is 15.8 Å². The summed E-state index contributed by atoms with van der Waals surface area (Å²) < 4.78 is 34.3. The Kier molecular flexibility index (Phi) is 6.07. The standard InChI is InChI=1S/C19H13IN6O7S/c20-12-5-7-13(8-6-12)23-21-19(15-3-1-2-4-18(15)34(31,32)33)22-24(23)16-10-9-14(25(27)28)11-17(16)26(29)30/h1-11H,(H,21,22)(H,31,32,33). The first-order valence-corrected chi connectivity index (χ1v) is 11.8. The lowest BCUT2D eigenvalue weighted by Gasteiger charge is -2.27. The number of nitro groups is 2. The SMILES string of the molecule is O=[N+]([O-])c1ccc(N2NC(c3ccccc3S(=O)(=O)O)=NN2c2ccc(I)cc2)c([N+](=O)[O-])c1. The maximum atomic E-state index is 11.9. The monoisotopic (exact) mass is 596 g/mol. The first-order valence-electron chi connectivity index (χ1n) is 9.27. The van der Waals surface area contributed by atoms with E-state index in [0.29, 0.717) is 5.69 Å².